The lowest BCUT2D eigenvalue weighted by Gasteiger charge is -2.43. The third kappa shape index (κ3) is 2.85. The van der Waals surface area contributed by atoms with Crippen molar-refractivity contribution in [2.45, 2.75) is 50.8 Å². The van der Waals surface area contributed by atoms with Crippen molar-refractivity contribution >= 4 is 16.9 Å². The van der Waals surface area contributed by atoms with Gasteiger partial charge in [0.1, 0.15) is 0 Å². The van der Waals surface area contributed by atoms with E-state index in [0.29, 0.717) is 25.6 Å². The summed E-state index contributed by atoms with van der Waals surface area (Å²) in [7, 11) is 0. The van der Waals surface area contributed by atoms with Gasteiger partial charge in [0.25, 0.3) is 0 Å². The van der Waals surface area contributed by atoms with Crippen LogP contribution < -0.4 is 0 Å². The Labute approximate surface area is 136 Å². The number of hydrogen-bond acceptors (Lipinski definition) is 3. The molecule has 0 N–H and O–H groups in total. The van der Waals surface area contributed by atoms with Crippen LogP contribution in [0.2, 0.25) is 0 Å². The Kier molecular flexibility index (Phi) is 4.04. The summed E-state index contributed by atoms with van der Waals surface area (Å²) in [6.07, 6.45) is 7.25. The van der Waals surface area contributed by atoms with E-state index < -0.39 is 0 Å². The highest BCUT2D eigenvalue weighted by atomic mass is 16.5. The molecule has 1 aliphatic carbocycles. The van der Waals surface area contributed by atoms with E-state index in [1.165, 1.54) is 12.8 Å². The molecule has 1 aromatic heterocycles. The second kappa shape index (κ2) is 6.32. The molecule has 1 amide bonds. The summed E-state index contributed by atoms with van der Waals surface area (Å²) in [5.74, 6) is 0.253. The number of aryl methyl sites for hydroxylation is 1. The Morgan fingerprint density at radius 1 is 1.26 bits per heavy atom. The molecule has 1 aliphatic heterocycles. The number of imidazole rings is 1. The minimum atomic E-state index is 0.253. The molecule has 122 valence electrons. The van der Waals surface area contributed by atoms with Crippen molar-refractivity contribution in [3.05, 3.63) is 30.6 Å². The molecular formula is C18H23N3O2. The number of hydrogen-bond donors (Lipinski definition) is 0. The number of nitrogens with zero attached hydrogens (tertiary/aromatic N) is 3. The maximum atomic E-state index is 12.7. The predicted molar refractivity (Wildman–Crippen MR) is 88.1 cm³/mol. The Morgan fingerprint density at radius 3 is 3.09 bits per heavy atom. The molecule has 23 heavy (non-hydrogen) atoms. The van der Waals surface area contributed by atoms with E-state index in [0.717, 1.165) is 30.4 Å². The van der Waals surface area contributed by atoms with Crippen LogP contribution in [0.3, 0.4) is 0 Å². The Hall–Kier alpha value is -1.88. The van der Waals surface area contributed by atoms with Crippen LogP contribution in [0.15, 0.2) is 30.6 Å². The summed E-state index contributed by atoms with van der Waals surface area (Å²) in [6.45, 7) is 2.11. The largest absolute Gasteiger partial charge is 0.374 e. The second-order valence-electron chi connectivity index (χ2n) is 6.52. The van der Waals surface area contributed by atoms with Gasteiger partial charge in [-0.2, -0.15) is 0 Å². The van der Waals surface area contributed by atoms with Crippen molar-refractivity contribution in [1.82, 2.24) is 14.5 Å². The van der Waals surface area contributed by atoms with Crippen LogP contribution in [0, 0.1) is 0 Å². The van der Waals surface area contributed by atoms with E-state index in [9.17, 15) is 4.79 Å². The van der Waals surface area contributed by atoms with Gasteiger partial charge in [-0.1, -0.05) is 25.0 Å². The molecule has 2 aromatic rings. The van der Waals surface area contributed by atoms with Gasteiger partial charge in [-0.15, -0.1) is 0 Å². The summed E-state index contributed by atoms with van der Waals surface area (Å²) in [4.78, 5) is 19.2. The van der Waals surface area contributed by atoms with Crippen LogP contribution in [0.4, 0.5) is 0 Å². The number of carbonyl (C=O) groups is 1. The van der Waals surface area contributed by atoms with Gasteiger partial charge in [-0.05, 0) is 25.0 Å². The molecular weight excluding hydrogens is 290 g/mol. The maximum Gasteiger partial charge on any atom is 0.224 e. The smallest absolute Gasteiger partial charge is 0.224 e. The Morgan fingerprint density at radius 2 is 2.13 bits per heavy atom. The number of fused-ring (bicyclic) bond motifs is 2. The van der Waals surface area contributed by atoms with E-state index in [-0.39, 0.29) is 12.0 Å². The number of ether oxygens (including phenoxy) is 1. The topological polar surface area (TPSA) is 47.4 Å². The van der Waals surface area contributed by atoms with Gasteiger partial charge in [-0.3, -0.25) is 4.79 Å². The molecule has 2 aliphatic rings. The van der Waals surface area contributed by atoms with Gasteiger partial charge in [0.15, 0.2) is 0 Å². The van der Waals surface area contributed by atoms with Crippen molar-refractivity contribution < 1.29 is 9.53 Å². The molecule has 5 heteroatoms. The summed E-state index contributed by atoms with van der Waals surface area (Å²) >= 11 is 0. The molecule has 4 rings (SSSR count). The zero-order chi connectivity index (χ0) is 15.6. The minimum Gasteiger partial charge on any atom is -0.374 e. The number of amides is 1. The number of aromatic nitrogens is 2. The first-order chi connectivity index (χ1) is 11.3. The highest BCUT2D eigenvalue weighted by Gasteiger charge is 2.36. The molecule has 1 saturated carbocycles. The molecule has 1 aromatic carbocycles. The molecule has 0 spiro atoms. The molecule has 0 unspecified atom stereocenters. The normalized spacial score (nSPS) is 24.6. The van der Waals surface area contributed by atoms with Gasteiger partial charge in [-0.25, -0.2) is 4.98 Å². The SMILES string of the molecule is O=C(CCn1cnc2ccccc21)N1CCO[C@H]2CCCC[C@H]21. The molecule has 0 radical (unpaired) electrons. The third-order valence-corrected chi connectivity index (χ3v) is 5.15. The average Bonchev–Trinajstić information content (AvgIpc) is 3.02. The van der Waals surface area contributed by atoms with E-state index in [1.807, 2.05) is 24.5 Å². The van der Waals surface area contributed by atoms with E-state index in [1.54, 1.807) is 0 Å². The van der Waals surface area contributed by atoms with Gasteiger partial charge < -0.3 is 14.2 Å². The summed E-state index contributed by atoms with van der Waals surface area (Å²) in [5.41, 5.74) is 2.08. The van der Waals surface area contributed by atoms with Gasteiger partial charge in [0, 0.05) is 19.5 Å². The average molecular weight is 313 g/mol. The summed E-state index contributed by atoms with van der Waals surface area (Å²) in [6, 6.07) is 8.35. The first kappa shape index (κ1) is 14.7. The molecule has 1 saturated heterocycles. The van der Waals surface area contributed by atoms with E-state index in [2.05, 4.69) is 20.5 Å². The molecule has 5 nitrogen and oxygen atoms in total. The van der Waals surface area contributed by atoms with Crippen molar-refractivity contribution in [2.75, 3.05) is 13.2 Å². The first-order valence-electron chi connectivity index (χ1n) is 8.64. The highest BCUT2D eigenvalue weighted by Crippen LogP contribution is 2.28. The fourth-order valence-electron chi connectivity index (χ4n) is 3.95. The maximum absolute atomic E-state index is 12.7. The minimum absolute atomic E-state index is 0.253. The van der Waals surface area contributed by atoms with Crippen molar-refractivity contribution in [2.24, 2.45) is 0 Å². The molecule has 2 fully saturated rings. The van der Waals surface area contributed by atoms with Crippen molar-refractivity contribution in [3.8, 4) is 0 Å². The molecule has 2 atom stereocenters. The number of morpholine rings is 1. The van der Waals surface area contributed by atoms with Crippen LogP contribution >= 0.6 is 0 Å². The van der Waals surface area contributed by atoms with Crippen LogP contribution in [0.5, 0.6) is 0 Å². The quantitative estimate of drug-likeness (QED) is 0.875. The van der Waals surface area contributed by atoms with Crippen LogP contribution in [0.25, 0.3) is 11.0 Å². The monoisotopic (exact) mass is 313 g/mol. The number of rotatable bonds is 3. The predicted octanol–water partition coefficient (Wildman–Crippen LogP) is 2.60. The highest BCUT2D eigenvalue weighted by molar-refractivity contribution is 5.78. The van der Waals surface area contributed by atoms with Crippen LogP contribution in [0.1, 0.15) is 32.1 Å². The van der Waals surface area contributed by atoms with Gasteiger partial charge in [0.05, 0.1) is 36.1 Å². The standard InChI is InChI=1S/C18H23N3O2/c22-18(21-11-12-23-17-8-4-3-7-16(17)21)9-10-20-13-19-14-5-1-2-6-15(14)20/h1-2,5-6,13,16-17H,3-4,7-12H2/t16-,17+/m1/s1. The lowest BCUT2D eigenvalue weighted by Crippen LogP contribution is -2.54. The Balaban J connectivity index is 1.43. The van der Waals surface area contributed by atoms with E-state index in [4.69, 9.17) is 4.74 Å². The van der Waals surface area contributed by atoms with Gasteiger partial charge in [0.2, 0.25) is 5.91 Å². The first-order valence-corrected chi connectivity index (χ1v) is 8.64. The number of benzene rings is 1. The molecule has 2 heterocycles. The third-order valence-electron chi connectivity index (χ3n) is 5.15. The van der Waals surface area contributed by atoms with Crippen molar-refractivity contribution in [1.29, 1.82) is 0 Å². The second-order valence-corrected chi connectivity index (χ2v) is 6.52. The lowest BCUT2D eigenvalue weighted by atomic mass is 9.90. The summed E-state index contributed by atoms with van der Waals surface area (Å²) in [5, 5.41) is 0. The fourth-order valence-corrected chi connectivity index (χ4v) is 3.95. The summed E-state index contributed by atoms with van der Waals surface area (Å²) < 4.78 is 7.94. The van der Waals surface area contributed by atoms with Gasteiger partial charge >= 0.3 is 0 Å². The number of para-hydroxylation sites is 2. The van der Waals surface area contributed by atoms with E-state index >= 15 is 0 Å². The zero-order valence-corrected chi connectivity index (χ0v) is 13.4. The van der Waals surface area contributed by atoms with Crippen LogP contribution in [-0.4, -0.2) is 45.7 Å². The van der Waals surface area contributed by atoms with Crippen LogP contribution in [-0.2, 0) is 16.1 Å². The molecule has 0 bridgehead atoms. The number of carbonyl (C=O) groups excluding carboxylic acids is 1. The lowest BCUT2D eigenvalue weighted by molar-refractivity contribution is -0.149. The van der Waals surface area contributed by atoms with Crippen molar-refractivity contribution in [3.63, 3.8) is 0 Å². The zero-order valence-electron chi connectivity index (χ0n) is 13.4. The Bertz CT molecular complexity index is 694. The fraction of sp³-hybridized carbons (Fsp3) is 0.556.